The van der Waals surface area contributed by atoms with E-state index in [2.05, 4.69) is 16.6 Å². The number of carboxylic acid groups (broad SMARTS) is 1. The van der Waals surface area contributed by atoms with E-state index in [0.29, 0.717) is 5.56 Å². The minimum Gasteiger partial charge on any atom is -0.504 e. The number of carbonyl (C=O) groups excluding carboxylic acids is 1. The Hall–Kier alpha value is -2.88. The molecule has 1 aromatic carbocycles. The van der Waals surface area contributed by atoms with Crippen LogP contribution in [-0.2, 0) is 11.2 Å². The molecule has 0 bridgehead atoms. The van der Waals surface area contributed by atoms with Crippen molar-refractivity contribution in [3.8, 4) is 23.8 Å². The van der Waals surface area contributed by atoms with E-state index in [0.717, 1.165) is 0 Å². The van der Waals surface area contributed by atoms with Crippen molar-refractivity contribution < 1.29 is 24.9 Å². The molecular formula is C13H14N2O5. The normalized spacial score (nSPS) is 11.2. The lowest BCUT2D eigenvalue weighted by Crippen LogP contribution is -2.47. The molecule has 0 aromatic heterocycles. The zero-order chi connectivity index (χ0) is 15.1. The third-order valence-corrected chi connectivity index (χ3v) is 2.43. The highest BCUT2D eigenvalue weighted by Gasteiger charge is 2.20. The number of aliphatic carboxylic acids is 1. The van der Waals surface area contributed by atoms with Gasteiger partial charge in [-0.05, 0) is 17.7 Å². The van der Waals surface area contributed by atoms with E-state index in [9.17, 15) is 14.7 Å². The molecule has 5 N–H and O–H groups in total. The topological polar surface area (TPSA) is 119 Å². The van der Waals surface area contributed by atoms with Crippen molar-refractivity contribution in [1.82, 2.24) is 10.6 Å². The summed E-state index contributed by atoms with van der Waals surface area (Å²) in [7, 11) is 0. The van der Waals surface area contributed by atoms with E-state index in [1.807, 2.05) is 0 Å². The number of nitrogens with one attached hydrogen (secondary N) is 2. The lowest BCUT2D eigenvalue weighted by Gasteiger charge is -2.15. The third-order valence-electron chi connectivity index (χ3n) is 2.43. The van der Waals surface area contributed by atoms with Crippen LogP contribution in [0.4, 0.5) is 4.79 Å². The fraction of sp³-hybridized carbons (Fsp3) is 0.231. The molecule has 1 aromatic rings. The van der Waals surface area contributed by atoms with Gasteiger partial charge in [0.1, 0.15) is 6.04 Å². The van der Waals surface area contributed by atoms with Crippen molar-refractivity contribution in [2.45, 2.75) is 12.5 Å². The summed E-state index contributed by atoms with van der Waals surface area (Å²) in [5.74, 6) is 0.293. The van der Waals surface area contributed by atoms with Crippen LogP contribution < -0.4 is 10.6 Å². The zero-order valence-electron chi connectivity index (χ0n) is 10.5. The van der Waals surface area contributed by atoms with Crippen LogP contribution in [-0.4, -0.2) is 39.9 Å². The number of urea groups is 1. The summed E-state index contributed by atoms with van der Waals surface area (Å²) in [5, 5.41) is 32.1. The number of phenols is 2. The Balaban J connectivity index is 2.72. The number of benzene rings is 1. The number of carbonyl (C=O) groups is 2. The second-order valence-corrected chi connectivity index (χ2v) is 3.95. The van der Waals surface area contributed by atoms with E-state index in [4.69, 9.17) is 16.6 Å². The Labute approximate surface area is 115 Å². The molecule has 20 heavy (non-hydrogen) atoms. The van der Waals surface area contributed by atoms with Gasteiger partial charge in [0.25, 0.3) is 0 Å². The molecule has 0 fully saturated rings. The van der Waals surface area contributed by atoms with Gasteiger partial charge in [-0.3, -0.25) is 0 Å². The second kappa shape index (κ2) is 6.89. The maximum Gasteiger partial charge on any atom is 0.326 e. The number of amides is 2. The first kappa shape index (κ1) is 15.2. The first-order valence-electron chi connectivity index (χ1n) is 5.65. The number of phenolic OH excluding ortho intramolecular Hbond substituents is 2. The quantitative estimate of drug-likeness (QED) is 0.384. The molecule has 1 unspecified atom stereocenters. The average molecular weight is 278 g/mol. The highest BCUT2D eigenvalue weighted by molar-refractivity contribution is 5.82. The van der Waals surface area contributed by atoms with Crippen LogP contribution >= 0.6 is 0 Å². The van der Waals surface area contributed by atoms with Gasteiger partial charge in [0.2, 0.25) is 0 Å². The maximum atomic E-state index is 11.4. The molecule has 0 aliphatic rings. The molecule has 0 saturated heterocycles. The van der Waals surface area contributed by atoms with Crippen LogP contribution in [0, 0.1) is 12.3 Å². The van der Waals surface area contributed by atoms with Gasteiger partial charge in [-0.25, -0.2) is 9.59 Å². The van der Waals surface area contributed by atoms with Gasteiger partial charge < -0.3 is 26.0 Å². The van der Waals surface area contributed by atoms with E-state index >= 15 is 0 Å². The van der Waals surface area contributed by atoms with Gasteiger partial charge in [0.15, 0.2) is 11.5 Å². The lowest BCUT2D eigenvalue weighted by atomic mass is 10.1. The van der Waals surface area contributed by atoms with Crippen molar-refractivity contribution in [2.24, 2.45) is 0 Å². The van der Waals surface area contributed by atoms with Crippen molar-refractivity contribution in [3.63, 3.8) is 0 Å². The molecule has 0 aliphatic carbocycles. The van der Waals surface area contributed by atoms with Crippen molar-refractivity contribution in [3.05, 3.63) is 23.8 Å². The largest absolute Gasteiger partial charge is 0.504 e. The molecule has 0 spiro atoms. The molecule has 0 saturated carbocycles. The number of hydrogen-bond donors (Lipinski definition) is 5. The standard InChI is InChI=1S/C13H14N2O5/c1-2-5-14-13(20)15-9(12(18)19)6-8-3-4-10(16)11(17)7-8/h1,3-4,7,9,16-17H,5-6H2,(H,18,19)(H2,14,15,20). The number of carboxylic acids is 1. The molecule has 7 nitrogen and oxygen atoms in total. The molecule has 2 amide bonds. The van der Waals surface area contributed by atoms with Gasteiger partial charge in [0, 0.05) is 6.42 Å². The predicted octanol–water partition coefficient (Wildman–Crippen LogP) is 0.0259. The lowest BCUT2D eigenvalue weighted by molar-refractivity contribution is -0.139. The Kier molecular flexibility index (Phi) is 5.23. The maximum absolute atomic E-state index is 11.4. The average Bonchev–Trinajstić information content (AvgIpc) is 2.39. The van der Waals surface area contributed by atoms with Crippen LogP contribution in [0.5, 0.6) is 11.5 Å². The summed E-state index contributed by atoms with van der Waals surface area (Å²) in [6, 6.07) is 2.04. The van der Waals surface area contributed by atoms with Gasteiger partial charge in [-0.2, -0.15) is 0 Å². The molecule has 1 rings (SSSR count). The third kappa shape index (κ3) is 4.42. The van der Waals surface area contributed by atoms with Crippen molar-refractivity contribution in [2.75, 3.05) is 6.54 Å². The van der Waals surface area contributed by atoms with Gasteiger partial charge in [0.05, 0.1) is 6.54 Å². The highest BCUT2D eigenvalue weighted by Crippen LogP contribution is 2.25. The number of terminal acetylenes is 1. The number of hydrogen-bond acceptors (Lipinski definition) is 4. The molecule has 0 radical (unpaired) electrons. The number of aromatic hydroxyl groups is 2. The SMILES string of the molecule is C#CCNC(=O)NC(Cc1ccc(O)c(O)c1)C(=O)O. The fourth-order valence-electron chi connectivity index (χ4n) is 1.47. The van der Waals surface area contributed by atoms with E-state index in [1.54, 1.807) is 0 Å². The summed E-state index contributed by atoms with van der Waals surface area (Å²) < 4.78 is 0. The highest BCUT2D eigenvalue weighted by atomic mass is 16.4. The summed E-state index contributed by atoms with van der Waals surface area (Å²) in [6.07, 6.45) is 4.91. The van der Waals surface area contributed by atoms with E-state index < -0.39 is 18.0 Å². The summed E-state index contributed by atoms with van der Waals surface area (Å²) in [5.41, 5.74) is 0.449. The van der Waals surface area contributed by atoms with Crippen LogP contribution in [0.2, 0.25) is 0 Å². The number of rotatable bonds is 5. The van der Waals surface area contributed by atoms with Crippen molar-refractivity contribution in [1.29, 1.82) is 0 Å². The Morgan fingerprint density at radius 2 is 2.00 bits per heavy atom. The zero-order valence-corrected chi connectivity index (χ0v) is 10.5. The van der Waals surface area contributed by atoms with Gasteiger partial charge >= 0.3 is 12.0 Å². The Morgan fingerprint density at radius 1 is 1.30 bits per heavy atom. The van der Waals surface area contributed by atoms with Gasteiger partial charge in [-0.1, -0.05) is 12.0 Å². The molecular weight excluding hydrogens is 264 g/mol. The first-order valence-corrected chi connectivity index (χ1v) is 5.65. The first-order chi connectivity index (χ1) is 9.43. The molecule has 106 valence electrons. The molecule has 7 heteroatoms. The minimum atomic E-state index is -1.23. The van der Waals surface area contributed by atoms with Crippen molar-refractivity contribution >= 4 is 12.0 Å². The van der Waals surface area contributed by atoms with Crippen LogP contribution in [0.15, 0.2) is 18.2 Å². The molecule has 1 atom stereocenters. The van der Waals surface area contributed by atoms with Crippen LogP contribution in [0.1, 0.15) is 5.56 Å². The van der Waals surface area contributed by atoms with E-state index in [-0.39, 0.29) is 24.5 Å². The minimum absolute atomic E-state index is 0.0157. The monoisotopic (exact) mass is 278 g/mol. The van der Waals surface area contributed by atoms with Crippen LogP contribution in [0.25, 0.3) is 0 Å². The molecule has 0 aliphatic heterocycles. The van der Waals surface area contributed by atoms with E-state index in [1.165, 1.54) is 18.2 Å². The molecule has 0 heterocycles. The summed E-state index contributed by atoms with van der Waals surface area (Å²) >= 11 is 0. The van der Waals surface area contributed by atoms with Crippen LogP contribution in [0.3, 0.4) is 0 Å². The predicted molar refractivity (Wildman–Crippen MR) is 70.3 cm³/mol. The summed E-state index contributed by atoms with van der Waals surface area (Å²) in [6.45, 7) is -0.0157. The second-order valence-electron chi connectivity index (χ2n) is 3.95. The van der Waals surface area contributed by atoms with Gasteiger partial charge in [-0.15, -0.1) is 6.42 Å². The Morgan fingerprint density at radius 3 is 2.55 bits per heavy atom. The Bertz CT molecular complexity index is 550. The smallest absolute Gasteiger partial charge is 0.326 e. The fourth-order valence-corrected chi connectivity index (χ4v) is 1.47. The summed E-state index contributed by atoms with van der Waals surface area (Å²) in [4.78, 5) is 22.4.